The maximum atomic E-state index is 13.3. The topological polar surface area (TPSA) is 57.9 Å². The molecule has 2 unspecified atom stereocenters. The smallest absolute Gasteiger partial charge is 0.416 e. The Kier molecular flexibility index (Phi) is 7.91. The third kappa shape index (κ3) is 5.41. The normalized spacial score (nSPS) is 19.5. The van der Waals surface area contributed by atoms with Gasteiger partial charge in [-0.2, -0.15) is 13.2 Å². The lowest BCUT2D eigenvalue weighted by Gasteiger charge is -2.32. The zero-order valence-electron chi connectivity index (χ0n) is 23.8. The molecule has 2 aliphatic carbocycles. The lowest BCUT2D eigenvalue weighted by molar-refractivity contribution is -0.139. The zero-order chi connectivity index (χ0) is 30.2. The van der Waals surface area contributed by atoms with Gasteiger partial charge in [-0.25, -0.2) is 4.79 Å². The molecule has 0 radical (unpaired) electrons. The monoisotopic (exact) mass is 576 g/mol. The van der Waals surface area contributed by atoms with Crippen molar-refractivity contribution in [1.29, 1.82) is 0 Å². The van der Waals surface area contributed by atoms with Gasteiger partial charge in [-0.05, 0) is 85.0 Å². The number of rotatable bonds is 7. The molecular weight excluding hydrogens is 545 g/mol. The van der Waals surface area contributed by atoms with Gasteiger partial charge in [0.25, 0.3) is 0 Å². The third-order valence-electron chi connectivity index (χ3n) is 7.73. The fraction of sp³-hybridized carbons (Fsp3) is 0.265. The number of ether oxygens (including phenoxy) is 3. The second-order valence-corrected chi connectivity index (χ2v) is 10.3. The molecule has 0 N–H and O–H groups in total. The molecule has 1 saturated carbocycles. The van der Waals surface area contributed by atoms with Crippen molar-refractivity contribution in [2.45, 2.75) is 32.4 Å². The van der Waals surface area contributed by atoms with Crippen LogP contribution in [0.3, 0.4) is 0 Å². The number of furan rings is 1. The number of alkyl halides is 3. The average molecular weight is 577 g/mol. The molecule has 0 saturated heterocycles. The minimum absolute atomic E-state index is 0.213. The van der Waals surface area contributed by atoms with Crippen LogP contribution < -0.4 is 9.47 Å². The summed E-state index contributed by atoms with van der Waals surface area (Å²) in [7, 11) is 3.13. The molecule has 0 spiro atoms. The van der Waals surface area contributed by atoms with Gasteiger partial charge in [0.1, 0.15) is 11.5 Å². The van der Waals surface area contributed by atoms with Crippen LogP contribution in [-0.4, -0.2) is 26.8 Å². The van der Waals surface area contributed by atoms with E-state index in [0.717, 1.165) is 40.0 Å². The predicted molar refractivity (Wildman–Crippen MR) is 154 cm³/mol. The Morgan fingerprint density at radius 1 is 1.05 bits per heavy atom. The Balaban J connectivity index is 1.52. The number of hydrogen-bond donors (Lipinski definition) is 0. The fourth-order valence-electron chi connectivity index (χ4n) is 5.84. The molecule has 5 nitrogen and oxygen atoms in total. The van der Waals surface area contributed by atoms with Crippen LogP contribution in [0.25, 0.3) is 17.4 Å². The first-order chi connectivity index (χ1) is 20.0. The standard InChI is InChI=1S/C34H31F3O5/c1-6-41-33(38)30-19(2)14-24-15-23(20(3)31(24)32(30)22-10-12-28(39-4)29(18-22)40-5)17-26-11-13-27(42-26)21-8-7-9-25(16-21)34(35,36)37/h7-14,16-18,31-32H,3,6,15H2,1-2,4-5H3/b23-17-. The minimum atomic E-state index is -4.45. The fourth-order valence-corrected chi connectivity index (χ4v) is 5.84. The molecule has 8 heteroatoms. The van der Waals surface area contributed by atoms with Crippen molar-refractivity contribution < 1.29 is 36.6 Å². The van der Waals surface area contributed by atoms with Gasteiger partial charge in [0.15, 0.2) is 11.5 Å². The number of hydrogen-bond acceptors (Lipinski definition) is 5. The largest absolute Gasteiger partial charge is 0.493 e. The summed E-state index contributed by atoms with van der Waals surface area (Å²) in [6, 6.07) is 14.0. The maximum absolute atomic E-state index is 13.3. The molecule has 218 valence electrons. The quantitative estimate of drug-likeness (QED) is 0.264. The Labute approximate surface area is 242 Å². The van der Waals surface area contributed by atoms with Gasteiger partial charge < -0.3 is 18.6 Å². The van der Waals surface area contributed by atoms with E-state index in [1.165, 1.54) is 6.07 Å². The lowest BCUT2D eigenvalue weighted by atomic mass is 9.71. The molecule has 42 heavy (non-hydrogen) atoms. The van der Waals surface area contributed by atoms with E-state index in [1.54, 1.807) is 39.3 Å². The molecule has 2 atom stereocenters. The van der Waals surface area contributed by atoms with E-state index >= 15 is 0 Å². The van der Waals surface area contributed by atoms with Crippen molar-refractivity contribution in [3.05, 3.63) is 112 Å². The summed E-state index contributed by atoms with van der Waals surface area (Å²) < 4.78 is 62.1. The van der Waals surface area contributed by atoms with Crippen LogP contribution >= 0.6 is 0 Å². The highest BCUT2D eigenvalue weighted by atomic mass is 19.4. The van der Waals surface area contributed by atoms with Gasteiger partial charge in [0, 0.05) is 23.0 Å². The van der Waals surface area contributed by atoms with Crippen molar-refractivity contribution in [2.24, 2.45) is 5.92 Å². The molecule has 0 bridgehead atoms. The number of benzene rings is 2. The van der Waals surface area contributed by atoms with Crippen molar-refractivity contribution in [3.63, 3.8) is 0 Å². The van der Waals surface area contributed by atoms with Crippen LogP contribution in [0.4, 0.5) is 13.2 Å². The summed E-state index contributed by atoms with van der Waals surface area (Å²) in [5.74, 6) is 0.978. The molecule has 2 aliphatic rings. The molecule has 1 fully saturated rings. The summed E-state index contributed by atoms with van der Waals surface area (Å²) in [6.07, 6.45) is 0.0262. The maximum Gasteiger partial charge on any atom is 0.416 e. The number of allylic oxidation sites excluding steroid dienone is 5. The lowest BCUT2D eigenvalue weighted by Crippen LogP contribution is -2.26. The van der Waals surface area contributed by atoms with E-state index in [2.05, 4.69) is 6.58 Å². The Hall–Kier alpha value is -4.46. The predicted octanol–water partition coefficient (Wildman–Crippen LogP) is 8.55. The molecule has 5 rings (SSSR count). The molecule has 1 heterocycles. The zero-order valence-corrected chi connectivity index (χ0v) is 23.8. The number of methoxy groups -OCH3 is 2. The third-order valence-corrected chi connectivity index (χ3v) is 7.73. The molecule has 3 aromatic rings. The van der Waals surface area contributed by atoms with E-state index in [-0.39, 0.29) is 24.4 Å². The molecule has 0 aliphatic heterocycles. The van der Waals surface area contributed by atoms with Crippen LogP contribution in [0.15, 0.2) is 99.5 Å². The van der Waals surface area contributed by atoms with Gasteiger partial charge in [-0.1, -0.05) is 36.4 Å². The van der Waals surface area contributed by atoms with Crippen LogP contribution in [0.5, 0.6) is 11.5 Å². The van der Waals surface area contributed by atoms with Crippen molar-refractivity contribution in [3.8, 4) is 22.8 Å². The average Bonchev–Trinajstić information content (AvgIpc) is 3.55. The van der Waals surface area contributed by atoms with Gasteiger partial charge in [-0.15, -0.1) is 0 Å². The van der Waals surface area contributed by atoms with E-state index in [1.807, 2.05) is 37.3 Å². The first kappa shape index (κ1) is 29.0. The van der Waals surface area contributed by atoms with Gasteiger partial charge in [-0.3, -0.25) is 0 Å². The number of halogens is 3. The molecule has 2 aromatic carbocycles. The van der Waals surface area contributed by atoms with E-state index in [0.29, 0.717) is 40.6 Å². The van der Waals surface area contributed by atoms with Crippen LogP contribution in [0, 0.1) is 5.92 Å². The SMILES string of the molecule is C=C1/C(=C\c2ccc(-c3cccc(C(F)(F)F)c3)o2)CC2=CC(C)=C(C(=O)OCC)C(c3ccc(OC)c(OC)c3)C12. The number of carbonyl (C=O) groups excluding carboxylic acids is 1. The first-order valence-corrected chi connectivity index (χ1v) is 13.5. The first-order valence-electron chi connectivity index (χ1n) is 13.5. The molecular formula is C34H31F3O5. The Morgan fingerprint density at radius 2 is 1.81 bits per heavy atom. The van der Waals surface area contributed by atoms with Crippen molar-refractivity contribution in [2.75, 3.05) is 20.8 Å². The van der Waals surface area contributed by atoms with Gasteiger partial charge >= 0.3 is 12.1 Å². The minimum Gasteiger partial charge on any atom is -0.493 e. The molecule has 0 amide bonds. The van der Waals surface area contributed by atoms with Gasteiger partial charge in [0.05, 0.1) is 26.4 Å². The van der Waals surface area contributed by atoms with Crippen LogP contribution in [-0.2, 0) is 15.7 Å². The summed E-state index contributed by atoms with van der Waals surface area (Å²) >= 11 is 0. The van der Waals surface area contributed by atoms with Crippen LogP contribution in [0.1, 0.15) is 43.1 Å². The van der Waals surface area contributed by atoms with E-state index < -0.39 is 11.7 Å². The van der Waals surface area contributed by atoms with Crippen molar-refractivity contribution >= 4 is 12.0 Å². The highest BCUT2D eigenvalue weighted by Crippen LogP contribution is 2.54. The Bertz CT molecular complexity index is 1640. The summed E-state index contributed by atoms with van der Waals surface area (Å²) in [6.45, 7) is 8.35. The Morgan fingerprint density at radius 3 is 2.50 bits per heavy atom. The van der Waals surface area contributed by atoms with Crippen LogP contribution in [0.2, 0.25) is 0 Å². The highest BCUT2D eigenvalue weighted by Gasteiger charge is 2.43. The van der Waals surface area contributed by atoms with E-state index in [4.69, 9.17) is 18.6 Å². The summed E-state index contributed by atoms with van der Waals surface area (Å²) in [5, 5.41) is 0. The second kappa shape index (κ2) is 11.4. The van der Waals surface area contributed by atoms with Gasteiger partial charge in [0.2, 0.25) is 0 Å². The summed E-state index contributed by atoms with van der Waals surface area (Å²) in [4.78, 5) is 13.3. The molecule has 1 aromatic heterocycles. The number of carbonyl (C=O) groups is 1. The second-order valence-electron chi connectivity index (χ2n) is 10.3. The number of fused-ring (bicyclic) bond motifs is 1. The van der Waals surface area contributed by atoms with E-state index in [9.17, 15) is 18.0 Å². The highest BCUT2D eigenvalue weighted by molar-refractivity contribution is 5.93. The summed E-state index contributed by atoms with van der Waals surface area (Å²) in [5.41, 5.74) is 4.68. The number of esters is 1. The van der Waals surface area contributed by atoms with Crippen molar-refractivity contribution in [1.82, 2.24) is 0 Å².